The monoisotopic (exact) mass is 639 g/mol. The lowest BCUT2D eigenvalue weighted by Gasteiger charge is -2.24. The lowest BCUT2D eigenvalue weighted by molar-refractivity contribution is -0.153. The van der Waals surface area contributed by atoms with E-state index in [9.17, 15) is 9.59 Å². The van der Waals surface area contributed by atoms with Gasteiger partial charge in [-0.1, -0.05) is 80.1 Å². The second kappa shape index (κ2) is 15.3. The SMILES string of the molecule is CCCC(NC(=O)OC(C)(C)C)c1cccc(-c2cc(COc3ccccc3CC(=O)OC(C)(C)C)cc(-c3ccccc3)c2)c1F. The Bertz CT molecular complexity index is 1670. The third-order valence-corrected chi connectivity index (χ3v) is 7.21. The van der Waals surface area contributed by atoms with Crippen molar-refractivity contribution in [2.75, 3.05) is 0 Å². The van der Waals surface area contributed by atoms with Crippen LogP contribution < -0.4 is 10.1 Å². The van der Waals surface area contributed by atoms with Crippen LogP contribution in [0.25, 0.3) is 22.3 Å². The van der Waals surface area contributed by atoms with Crippen LogP contribution in [0.15, 0.2) is 91.0 Å². The molecule has 1 atom stereocenters. The molecule has 0 spiro atoms. The molecule has 0 aliphatic carbocycles. The van der Waals surface area contributed by atoms with Crippen molar-refractivity contribution < 1.29 is 28.2 Å². The molecule has 4 aromatic carbocycles. The van der Waals surface area contributed by atoms with E-state index in [2.05, 4.69) is 5.32 Å². The van der Waals surface area contributed by atoms with Crippen LogP contribution in [0.2, 0.25) is 0 Å². The van der Waals surface area contributed by atoms with Gasteiger partial charge in [-0.25, -0.2) is 9.18 Å². The minimum atomic E-state index is -0.673. The zero-order valence-electron chi connectivity index (χ0n) is 28.5. The highest BCUT2D eigenvalue weighted by atomic mass is 19.1. The lowest BCUT2D eigenvalue weighted by atomic mass is 9.93. The number of carbonyl (C=O) groups is 2. The first-order valence-electron chi connectivity index (χ1n) is 16.1. The number of nitrogens with one attached hydrogen (secondary N) is 1. The zero-order valence-corrected chi connectivity index (χ0v) is 28.5. The van der Waals surface area contributed by atoms with Gasteiger partial charge < -0.3 is 19.5 Å². The molecule has 0 saturated heterocycles. The summed E-state index contributed by atoms with van der Waals surface area (Å²) >= 11 is 0. The Morgan fingerprint density at radius 1 is 0.766 bits per heavy atom. The van der Waals surface area contributed by atoms with Gasteiger partial charge in [0.15, 0.2) is 0 Å². The number of rotatable bonds is 11. The summed E-state index contributed by atoms with van der Waals surface area (Å²) in [6.45, 7) is 13.1. The van der Waals surface area contributed by atoms with Gasteiger partial charge in [-0.3, -0.25) is 4.79 Å². The molecular weight excluding hydrogens is 593 g/mol. The van der Waals surface area contributed by atoms with E-state index in [1.165, 1.54) is 0 Å². The van der Waals surface area contributed by atoms with Gasteiger partial charge in [0.2, 0.25) is 0 Å². The summed E-state index contributed by atoms with van der Waals surface area (Å²) in [4.78, 5) is 25.2. The Morgan fingerprint density at radius 2 is 1.43 bits per heavy atom. The minimum absolute atomic E-state index is 0.0804. The molecule has 0 aromatic heterocycles. The van der Waals surface area contributed by atoms with Crippen molar-refractivity contribution in [2.24, 2.45) is 0 Å². The molecule has 7 heteroatoms. The number of halogens is 1. The fourth-order valence-corrected chi connectivity index (χ4v) is 5.30. The smallest absolute Gasteiger partial charge is 0.408 e. The summed E-state index contributed by atoms with van der Waals surface area (Å²) in [7, 11) is 0. The fourth-order valence-electron chi connectivity index (χ4n) is 5.30. The largest absolute Gasteiger partial charge is 0.489 e. The third kappa shape index (κ3) is 10.4. The molecule has 0 saturated carbocycles. The van der Waals surface area contributed by atoms with Crippen LogP contribution in [-0.2, 0) is 27.3 Å². The average molecular weight is 640 g/mol. The van der Waals surface area contributed by atoms with E-state index in [-0.39, 0.29) is 19.0 Å². The molecule has 248 valence electrons. The number of carbonyl (C=O) groups excluding carboxylic acids is 2. The van der Waals surface area contributed by atoms with Gasteiger partial charge in [0, 0.05) is 16.7 Å². The number of esters is 1. The van der Waals surface area contributed by atoms with E-state index in [0.29, 0.717) is 28.9 Å². The molecule has 0 heterocycles. The van der Waals surface area contributed by atoms with Crippen molar-refractivity contribution >= 4 is 12.1 Å². The van der Waals surface area contributed by atoms with E-state index >= 15 is 4.39 Å². The minimum Gasteiger partial charge on any atom is -0.489 e. The van der Waals surface area contributed by atoms with Crippen LogP contribution in [0.1, 0.15) is 84.0 Å². The molecule has 1 N–H and O–H groups in total. The maximum absolute atomic E-state index is 16.5. The Kier molecular flexibility index (Phi) is 11.5. The standard InChI is InChI=1S/C40H46FNO5/c1-8-15-34(42-38(44)47-40(5,6)7)33-20-14-19-32(37(33)41)31-23-27(22-30(24-31)28-16-10-9-11-17-28)26-45-35-21-13-12-18-29(35)25-36(43)46-39(2,3)4/h9-14,16-24,34H,8,15,25-26H2,1-7H3,(H,42,44). The van der Waals surface area contributed by atoms with Crippen LogP contribution >= 0.6 is 0 Å². The van der Waals surface area contributed by atoms with Crippen molar-refractivity contribution in [2.45, 2.75) is 91.6 Å². The molecule has 4 aromatic rings. The molecule has 0 radical (unpaired) electrons. The fraction of sp³-hybridized carbons (Fsp3) is 0.350. The number of ether oxygens (including phenoxy) is 3. The van der Waals surface area contributed by atoms with Gasteiger partial charge in [0.05, 0.1) is 12.5 Å². The van der Waals surface area contributed by atoms with E-state index in [0.717, 1.165) is 28.7 Å². The molecule has 1 amide bonds. The molecule has 0 bridgehead atoms. The first kappa shape index (κ1) is 35.2. The normalized spacial score (nSPS) is 12.3. The Hall–Kier alpha value is -4.65. The lowest BCUT2D eigenvalue weighted by Crippen LogP contribution is -2.35. The van der Waals surface area contributed by atoms with Crippen LogP contribution in [0.4, 0.5) is 9.18 Å². The second-order valence-corrected chi connectivity index (χ2v) is 13.6. The average Bonchev–Trinajstić information content (AvgIpc) is 2.99. The van der Waals surface area contributed by atoms with Crippen molar-refractivity contribution in [3.05, 3.63) is 114 Å². The van der Waals surface area contributed by atoms with Crippen LogP contribution in [-0.4, -0.2) is 23.3 Å². The zero-order chi connectivity index (χ0) is 34.2. The number of hydrogen-bond donors (Lipinski definition) is 1. The van der Waals surface area contributed by atoms with E-state index in [4.69, 9.17) is 14.2 Å². The Balaban J connectivity index is 1.68. The summed E-state index contributed by atoms with van der Waals surface area (Å²) < 4.78 is 33.7. The van der Waals surface area contributed by atoms with Gasteiger partial charge in [-0.05, 0) is 94.5 Å². The molecule has 6 nitrogen and oxygen atoms in total. The van der Waals surface area contributed by atoms with Crippen LogP contribution in [0.3, 0.4) is 0 Å². The molecule has 47 heavy (non-hydrogen) atoms. The first-order valence-corrected chi connectivity index (χ1v) is 16.1. The van der Waals surface area contributed by atoms with Crippen LogP contribution in [0, 0.1) is 5.82 Å². The summed E-state index contributed by atoms with van der Waals surface area (Å²) in [6.07, 6.45) is 0.783. The highest BCUT2D eigenvalue weighted by molar-refractivity contribution is 5.76. The number of para-hydroxylation sites is 1. The Labute approximate surface area is 278 Å². The maximum Gasteiger partial charge on any atom is 0.408 e. The van der Waals surface area contributed by atoms with Gasteiger partial charge in [0.25, 0.3) is 0 Å². The predicted octanol–water partition coefficient (Wildman–Crippen LogP) is 9.99. The third-order valence-electron chi connectivity index (χ3n) is 7.21. The van der Waals surface area contributed by atoms with E-state index in [1.54, 1.807) is 32.9 Å². The van der Waals surface area contributed by atoms with Gasteiger partial charge in [-0.2, -0.15) is 0 Å². The quantitative estimate of drug-likeness (QED) is 0.165. The number of alkyl carbamates (subject to hydrolysis) is 1. The molecule has 1 unspecified atom stereocenters. The molecule has 0 fully saturated rings. The van der Waals surface area contributed by atoms with Crippen LogP contribution in [0.5, 0.6) is 5.75 Å². The summed E-state index contributed by atoms with van der Waals surface area (Å²) in [5, 5.41) is 2.87. The van der Waals surface area contributed by atoms with Gasteiger partial charge in [-0.15, -0.1) is 0 Å². The molecule has 4 rings (SSSR count). The topological polar surface area (TPSA) is 73.9 Å². The van der Waals surface area contributed by atoms with Crippen molar-refractivity contribution in [1.29, 1.82) is 0 Å². The van der Waals surface area contributed by atoms with Crippen molar-refractivity contribution in [3.8, 4) is 28.0 Å². The second-order valence-electron chi connectivity index (χ2n) is 13.6. The summed E-state index contributed by atoms with van der Waals surface area (Å²) in [5.74, 6) is -0.157. The molecule has 0 aliphatic heterocycles. The highest BCUT2D eigenvalue weighted by Crippen LogP contribution is 2.34. The number of hydrogen-bond acceptors (Lipinski definition) is 5. The maximum atomic E-state index is 16.5. The Morgan fingerprint density at radius 3 is 2.11 bits per heavy atom. The van der Waals surface area contributed by atoms with Gasteiger partial charge >= 0.3 is 12.1 Å². The number of amides is 1. The van der Waals surface area contributed by atoms with E-state index in [1.807, 2.05) is 107 Å². The summed E-state index contributed by atoms with van der Waals surface area (Å²) in [6, 6.07) is 27.9. The number of benzene rings is 4. The van der Waals surface area contributed by atoms with Crippen molar-refractivity contribution in [3.63, 3.8) is 0 Å². The van der Waals surface area contributed by atoms with Gasteiger partial charge in [0.1, 0.15) is 29.4 Å². The van der Waals surface area contributed by atoms with Crippen molar-refractivity contribution in [1.82, 2.24) is 5.32 Å². The molecule has 0 aliphatic rings. The van der Waals surface area contributed by atoms with E-state index < -0.39 is 29.2 Å². The first-order chi connectivity index (χ1) is 22.2. The highest BCUT2D eigenvalue weighted by Gasteiger charge is 2.24. The predicted molar refractivity (Wildman–Crippen MR) is 185 cm³/mol. The molecular formula is C40H46FNO5. The summed E-state index contributed by atoms with van der Waals surface area (Å²) in [5.41, 5.74) is 3.67.